The van der Waals surface area contributed by atoms with Crippen molar-refractivity contribution in [3.8, 4) is 0 Å². The third-order valence-electron chi connectivity index (χ3n) is 1.18. The summed E-state index contributed by atoms with van der Waals surface area (Å²) in [6.45, 7) is 0. The standard InChI is InChI=1S/C6H12N2O4S2.2Na/c7-3(5(9)10)1-13-14-2-4(8)6(11)12;;/h3-4H,1-2,7-8H2,(H,9,10)(H,11,12);;/q;2*+1/p-2. The molecule has 0 amide bonds. The Morgan fingerprint density at radius 3 is 1.38 bits per heavy atom. The smallest absolute Gasteiger partial charge is 0.548 e. The van der Waals surface area contributed by atoms with Crippen molar-refractivity contribution in [2.45, 2.75) is 12.1 Å². The van der Waals surface area contributed by atoms with Crippen LogP contribution >= 0.6 is 21.6 Å². The van der Waals surface area contributed by atoms with Crippen LogP contribution in [0.1, 0.15) is 0 Å². The Kier molecular flexibility index (Phi) is 18.5. The number of hydrogen-bond acceptors (Lipinski definition) is 8. The molecule has 0 rings (SSSR count). The Hall–Kier alpha value is 1.56. The van der Waals surface area contributed by atoms with E-state index in [0.717, 1.165) is 21.6 Å². The van der Waals surface area contributed by atoms with Gasteiger partial charge >= 0.3 is 59.1 Å². The van der Waals surface area contributed by atoms with Gasteiger partial charge in [-0.05, 0) is 0 Å². The van der Waals surface area contributed by atoms with Crippen LogP contribution in [0.15, 0.2) is 0 Å². The first-order valence-corrected chi connectivity index (χ1v) is 6.11. The average molecular weight is 284 g/mol. The van der Waals surface area contributed by atoms with Gasteiger partial charge in [-0.2, -0.15) is 0 Å². The number of nitrogens with two attached hydrogens (primary N) is 2. The predicted molar refractivity (Wildman–Crippen MR) is 50.9 cm³/mol. The first-order valence-electron chi connectivity index (χ1n) is 3.62. The van der Waals surface area contributed by atoms with E-state index in [1.54, 1.807) is 0 Å². The molecule has 0 radical (unpaired) electrons. The summed E-state index contributed by atoms with van der Waals surface area (Å²) < 4.78 is 0. The van der Waals surface area contributed by atoms with Gasteiger partial charge in [0, 0.05) is 11.5 Å². The van der Waals surface area contributed by atoms with Gasteiger partial charge in [0.15, 0.2) is 0 Å². The van der Waals surface area contributed by atoms with Crippen LogP contribution in [-0.4, -0.2) is 35.5 Å². The van der Waals surface area contributed by atoms with Crippen LogP contribution in [0.2, 0.25) is 0 Å². The second-order valence-corrected chi connectivity index (χ2v) is 4.97. The number of carbonyl (C=O) groups excluding carboxylic acids is 2. The van der Waals surface area contributed by atoms with E-state index in [9.17, 15) is 19.8 Å². The SMILES string of the molecule is NC(CSSCC(N)C(=O)[O-])C(=O)[O-].[Na+].[Na+]. The molecule has 0 aliphatic rings. The Labute approximate surface area is 146 Å². The fourth-order valence-corrected chi connectivity index (χ4v) is 2.59. The predicted octanol–water partition coefficient (Wildman–Crippen LogP) is -9.47. The molecule has 10 heteroatoms. The molecule has 0 aromatic heterocycles. The summed E-state index contributed by atoms with van der Waals surface area (Å²) in [7, 11) is 2.27. The molecule has 0 aliphatic carbocycles. The van der Waals surface area contributed by atoms with E-state index in [4.69, 9.17) is 11.5 Å². The van der Waals surface area contributed by atoms with Crippen LogP contribution in [0.4, 0.5) is 0 Å². The van der Waals surface area contributed by atoms with E-state index in [2.05, 4.69) is 0 Å². The van der Waals surface area contributed by atoms with Crippen molar-refractivity contribution in [3.63, 3.8) is 0 Å². The van der Waals surface area contributed by atoms with Crippen LogP contribution in [0.3, 0.4) is 0 Å². The van der Waals surface area contributed by atoms with Crippen molar-refractivity contribution in [1.82, 2.24) is 0 Å². The molecule has 16 heavy (non-hydrogen) atoms. The van der Waals surface area contributed by atoms with E-state index in [-0.39, 0.29) is 70.6 Å². The second-order valence-electron chi connectivity index (χ2n) is 2.42. The van der Waals surface area contributed by atoms with Gasteiger partial charge in [0.1, 0.15) is 0 Å². The summed E-state index contributed by atoms with van der Waals surface area (Å²) in [6.07, 6.45) is 0. The maximum absolute atomic E-state index is 10.1. The van der Waals surface area contributed by atoms with Gasteiger partial charge in [0.25, 0.3) is 0 Å². The van der Waals surface area contributed by atoms with E-state index in [1.807, 2.05) is 0 Å². The fraction of sp³-hybridized carbons (Fsp3) is 0.667. The van der Waals surface area contributed by atoms with Crippen molar-refractivity contribution in [2.75, 3.05) is 11.5 Å². The Balaban J connectivity index is -0.000000845. The van der Waals surface area contributed by atoms with Crippen molar-refractivity contribution in [1.29, 1.82) is 0 Å². The monoisotopic (exact) mass is 284 g/mol. The summed E-state index contributed by atoms with van der Waals surface area (Å²) in [5, 5.41) is 20.3. The summed E-state index contributed by atoms with van der Waals surface area (Å²) >= 11 is 0. The largest absolute Gasteiger partial charge is 1.00 e. The number of hydrogen-bond donors (Lipinski definition) is 2. The first-order chi connectivity index (χ1) is 6.45. The molecule has 6 nitrogen and oxygen atoms in total. The number of aliphatic carboxylic acids is 2. The summed E-state index contributed by atoms with van der Waals surface area (Å²) in [5.41, 5.74) is 10.3. The molecule has 0 aliphatic heterocycles. The maximum atomic E-state index is 10.1. The average Bonchev–Trinajstić information content (AvgIpc) is 2.11. The van der Waals surface area contributed by atoms with Gasteiger partial charge in [-0.3, -0.25) is 0 Å². The fourth-order valence-electron chi connectivity index (χ4n) is 0.379. The maximum Gasteiger partial charge on any atom is 1.00 e. The van der Waals surface area contributed by atoms with E-state index in [0.29, 0.717) is 0 Å². The zero-order valence-corrected chi connectivity index (χ0v) is 14.8. The number of carbonyl (C=O) groups is 2. The minimum atomic E-state index is -1.33. The molecular weight excluding hydrogens is 274 g/mol. The summed E-state index contributed by atoms with van der Waals surface area (Å²) in [4.78, 5) is 20.3. The van der Waals surface area contributed by atoms with Gasteiger partial charge in [-0.25, -0.2) is 0 Å². The van der Waals surface area contributed by atoms with Crippen molar-refractivity contribution >= 4 is 33.5 Å². The summed E-state index contributed by atoms with van der Waals surface area (Å²) in [5.74, 6) is -2.37. The quantitative estimate of drug-likeness (QED) is 0.267. The summed E-state index contributed by atoms with van der Waals surface area (Å²) in [6, 6.07) is -2.10. The molecule has 0 saturated carbocycles. The molecule has 0 fully saturated rings. The van der Waals surface area contributed by atoms with E-state index in [1.165, 1.54) is 0 Å². The normalized spacial score (nSPS) is 12.9. The van der Waals surface area contributed by atoms with Crippen LogP contribution < -0.4 is 80.8 Å². The Morgan fingerprint density at radius 1 is 0.938 bits per heavy atom. The first kappa shape index (κ1) is 22.7. The Morgan fingerprint density at radius 2 is 1.19 bits per heavy atom. The molecule has 2 unspecified atom stereocenters. The molecule has 0 bridgehead atoms. The molecule has 0 spiro atoms. The van der Waals surface area contributed by atoms with Crippen LogP contribution in [0.5, 0.6) is 0 Å². The zero-order chi connectivity index (χ0) is 11.1. The van der Waals surface area contributed by atoms with Gasteiger partial charge in [-0.15, -0.1) is 0 Å². The van der Waals surface area contributed by atoms with Gasteiger partial charge < -0.3 is 31.3 Å². The van der Waals surface area contributed by atoms with Crippen molar-refractivity contribution in [2.24, 2.45) is 11.5 Å². The second kappa shape index (κ2) is 13.0. The zero-order valence-electron chi connectivity index (χ0n) is 9.17. The molecule has 0 aromatic carbocycles. The minimum absolute atomic E-state index is 0. The van der Waals surface area contributed by atoms with Gasteiger partial charge in [0.05, 0.1) is 24.0 Å². The molecule has 82 valence electrons. The minimum Gasteiger partial charge on any atom is -0.548 e. The van der Waals surface area contributed by atoms with Gasteiger partial charge in [-0.1, -0.05) is 21.6 Å². The van der Waals surface area contributed by atoms with Crippen LogP contribution in [-0.2, 0) is 9.59 Å². The topological polar surface area (TPSA) is 132 Å². The van der Waals surface area contributed by atoms with Gasteiger partial charge in [0.2, 0.25) is 0 Å². The molecule has 0 aromatic rings. The molecular formula is C6H10N2Na2O4S2. The third kappa shape index (κ3) is 12.0. The third-order valence-corrected chi connectivity index (χ3v) is 3.66. The number of carboxylic acids is 2. The number of carboxylic acid groups (broad SMARTS) is 2. The van der Waals surface area contributed by atoms with E-state index >= 15 is 0 Å². The van der Waals surface area contributed by atoms with Crippen LogP contribution in [0.25, 0.3) is 0 Å². The van der Waals surface area contributed by atoms with E-state index < -0.39 is 24.0 Å². The van der Waals surface area contributed by atoms with Crippen molar-refractivity contribution < 1.29 is 78.9 Å². The van der Waals surface area contributed by atoms with Crippen molar-refractivity contribution in [3.05, 3.63) is 0 Å². The molecule has 0 saturated heterocycles. The Bertz CT molecular complexity index is 201. The number of rotatable bonds is 7. The molecule has 2 atom stereocenters. The van der Waals surface area contributed by atoms with Crippen LogP contribution in [0, 0.1) is 0 Å². The molecule has 0 heterocycles. The molecule has 4 N–H and O–H groups in total.